The van der Waals surface area contributed by atoms with Gasteiger partial charge in [0.15, 0.2) is 0 Å². The summed E-state index contributed by atoms with van der Waals surface area (Å²) in [5.74, 6) is -1.63. The highest BCUT2D eigenvalue weighted by Gasteiger charge is 2.35. The van der Waals surface area contributed by atoms with Gasteiger partial charge in [-0.05, 0) is 32.0 Å². The van der Waals surface area contributed by atoms with Gasteiger partial charge in [0.05, 0.1) is 13.5 Å². The smallest absolute Gasteiger partial charge is 0.329 e. The van der Waals surface area contributed by atoms with Gasteiger partial charge in [-0.3, -0.25) is 4.79 Å². The van der Waals surface area contributed by atoms with Crippen molar-refractivity contribution in [2.24, 2.45) is 0 Å². The maximum Gasteiger partial charge on any atom is 0.329 e. The van der Waals surface area contributed by atoms with Crippen LogP contribution in [-0.2, 0) is 16.0 Å². The zero-order valence-electron chi connectivity index (χ0n) is 11.9. The van der Waals surface area contributed by atoms with E-state index in [0.29, 0.717) is 11.3 Å². The molecule has 0 unspecified atom stereocenters. The third-order valence-electron chi connectivity index (χ3n) is 3.32. The summed E-state index contributed by atoms with van der Waals surface area (Å²) in [4.78, 5) is 24.4. The fourth-order valence-corrected chi connectivity index (χ4v) is 1.62. The van der Waals surface area contributed by atoms with Crippen LogP contribution in [-0.4, -0.2) is 41.6 Å². The Labute approximate surface area is 117 Å². The van der Waals surface area contributed by atoms with Crippen LogP contribution in [0.5, 0.6) is 5.75 Å². The van der Waals surface area contributed by atoms with Crippen molar-refractivity contribution in [1.29, 1.82) is 0 Å². The van der Waals surface area contributed by atoms with Gasteiger partial charge in [-0.15, -0.1) is 0 Å². The molecule has 1 N–H and O–H groups in total. The van der Waals surface area contributed by atoms with E-state index in [9.17, 15) is 14.0 Å². The van der Waals surface area contributed by atoms with Crippen molar-refractivity contribution in [3.63, 3.8) is 0 Å². The SMILES string of the molecule is COc1ccc(F)cc1CC(=O)N(C)C(C)(C)C(=O)O. The minimum Gasteiger partial charge on any atom is -0.496 e. The van der Waals surface area contributed by atoms with Crippen molar-refractivity contribution in [3.05, 3.63) is 29.6 Å². The molecule has 110 valence electrons. The fraction of sp³-hybridized carbons (Fsp3) is 0.429. The lowest BCUT2D eigenvalue weighted by Gasteiger charge is -2.31. The molecule has 1 aromatic carbocycles. The minimum absolute atomic E-state index is 0.131. The van der Waals surface area contributed by atoms with Crippen LogP contribution in [0.15, 0.2) is 18.2 Å². The van der Waals surface area contributed by atoms with E-state index < -0.39 is 23.2 Å². The van der Waals surface area contributed by atoms with Crippen LogP contribution in [0, 0.1) is 5.82 Å². The molecule has 0 aliphatic heterocycles. The zero-order valence-corrected chi connectivity index (χ0v) is 11.9. The van der Waals surface area contributed by atoms with Crippen LogP contribution in [0.3, 0.4) is 0 Å². The second-order valence-electron chi connectivity index (χ2n) is 4.95. The molecule has 0 fully saturated rings. The van der Waals surface area contributed by atoms with E-state index in [2.05, 4.69) is 0 Å². The number of hydrogen-bond donors (Lipinski definition) is 1. The van der Waals surface area contributed by atoms with E-state index in [1.165, 1.54) is 46.2 Å². The molecule has 0 bridgehead atoms. The molecule has 0 saturated heterocycles. The van der Waals surface area contributed by atoms with Crippen LogP contribution in [0.2, 0.25) is 0 Å². The molecule has 0 atom stereocenters. The molecule has 0 heterocycles. The Morgan fingerprint density at radius 1 is 1.40 bits per heavy atom. The Morgan fingerprint density at radius 2 is 2.00 bits per heavy atom. The maximum atomic E-state index is 13.2. The standard InChI is InChI=1S/C14H18FNO4/c1-14(2,13(18)19)16(3)12(17)8-9-7-10(15)5-6-11(9)20-4/h5-7H,8H2,1-4H3,(H,18,19). The molecule has 20 heavy (non-hydrogen) atoms. The molecule has 0 saturated carbocycles. The second-order valence-corrected chi connectivity index (χ2v) is 4.95. The van der Waals surface area contributed by atoms with E-state index >= 15 is 0 Å². The predicted octanol–water partition coefficient (Wildman–Crippen LogP) is 1.70. The number of hydrogen-bond acceptors (Lipinski definition) is 3. The Kier molecular flexibility index (Phi) is 4.70. The average Bonchev–Trinajstić information content (AvgIpc) is 2.37. The third-order valence-corrected chi connectivity index (χ3v) is 3.32. The lowest BCUT2D eigenvalue weighted by molar-refractivity contribution is -0.155. The van der Waals surface area contributed by atoms with Gasteiger partial charge in [0.2, 0.25) is 5.91 Å². The Hall–Kier alpha value is -2.11. The number of carboxylic acids is 1. The Morgan fingerprint density at radius 3 is 2.50 bits per heavy atom. The summed E-state index contributed by atoms with van der Waals surface area (Å²) in [6.07, 6.45) is -0.131. The lowest BCUT2D eigenvalue weighted by atomic mass is 10.0. The summed E-state index contributed by atoms with van der Waals surface area (Å²) < 4.78 is 18.3. The van der Waals surface area contributed by atoms with Crippen molar-refractivity contribution >= 4 is 11.9 Å². The van der Waals surface area contributed by atoms with E-state index in [-0.39, 0.29) is 6.42 Å². The average molecular weight is 283 g/mol. The topological polar surface area (TPSA) is 66.8 Å². The molecule has 0 aromatic heterocycles. The lowest BCUT2D eigenvalue weighted by Crippen LogP contribution is -2.51. The number of carboxylic acid groups (broad SMARTS) is 1. The number of methoxy groups -OCH3 is 1. The molecular weight excluding hydrogens is 265 g/mol. The number of carbonyl (C=O) groups excluding carboxylic acids is 1. The van der Waals surface area contributed by atoms with E-state index in [4.69, 9.17) is 9.84 Å². The molecule has 5 nitrogen and oxygen atoms in total. The van der Waals surface area contributed by atoms with Gasteiger partial charge in [0.1, 0.15) is 17.1 Å². The molecular formula is C14H18FNO4. The van der Waals surface area contributed by atoms with Crippen molar-refractivity contribution in [2.75, 3.05) is 14.2 Å². The number of rotatable bonds is 5. The van der Waals surface area contributed by atoms with E-state index in [1.807, 2.05) is 0 Å². The number of benzene rings is 1. The number of likely N-dealkylation sites (N-methyl/N-ethyl adjacent to an activating group) is 1. The molecule has 0 spiro atoms. The Balaban J connectivity index is 2.96. The quantitative estimate of drug-likeness (QED) is 0.893. The number of halogens is 1. The van der Waals surface area contributed by atoms with Gasteiger partial charge in [0.25, 0.3) is 0 Å². The van der Waals surface area contributed by atoms with Crippen LogP contribution >= 0.6 is 0 Å². The van der Waals surface area contributed by atoms with Gasteiger partial charge in [0, 0.05) is 12.6 Å². The number of ether oxygens (including phenoxy) is 1. The summed E-state index contributed by atoms with van der Waals surface area (Å²) in [6.45, 7) is 2.85. The van der Waals surface area contributed by atoms with Crippen LogP contribution in [0.4, 0.5) is 4.39 Å². The number of carbonyl (C=O) groups is 2. The zero-order chi connectivity index (χ0) is 15.5. The summed E-state index contributed by atoms with van der Waals surface area (Å²) in [5, 5.41) is 9.09. The van der Waals surface area contributed by atoms with Gasteiger partial charge < -0.3 is 14.7 Å². The summed E-state index contributed by atoms with van der Waals surface area (Å²) in [5.41, 5.74) is -0.956. The van der Waals surface area contributed by atoms with Gasteiger partial charge in [-0.25, -0.2) is 9.18 Å². The molecule has 0 aliphatic rings. The summed E-state index contributed by atoms with van der Waals surface area (Å²) in [6, 6.07) is 3.87. The highest BCUT2D eigenvalue weighted by Crippen LogP contribution is 2.22. The van der Waals surface area contributed by atoms with Crippen LogP contribution in [0.1, 0.15) is 19.4 Å². The first-order valence-corrected chi connectivity index (χ1v) is 6.02. The molecule has 1 rings (SSSR count). The molecule has 1 amide bonds. The Bertz CT molecular complexity index is 528. The van der Waals surface area contributed by atoms with Crippen molar-refractivity contribution in [1.82, 2.24) is 4.90 Å². The van der Waals surface area contributed by atoms with E-state index in [1.54, 1.807) is 0 Å². The largest absolute Gasteiger partial charge is 0.496 e. The van der Waals surface area contributed by atoms with Crippen LogP contribution < -0.4 is 4.74 Å². The van der Waals surface area contributed by atoms with Gasteiger partial charge >= 0.3 is 5.97 Å². The number of amides is 1. The highest BCUT2D eigenvalue weighted by molar-refractivity contribution is 5.87. The van der Waals surface area contributed by atoms with Gasteiger partial charge in [-0.2, -0.15) is 0 Å². The number of aliphatic carboxylic acids is 1. The molecule has 0 radical (unpaired) electrons. The first-order valence-electron chi connectivity index (χ1n) is 6.02. The van der Waals surface area contributed by atoms with Crippen molar-refractivity contribution in [2.45, 2.75) is 25.8 Å². The maximum absolute atomic E-state index is 13.2. The molecule has 6 heteroatoms. The molecule has 1 aromatic rings. The minimum atomic E-state index is -1.34. The number of nitrogens with zero attached hydrogens (tertiary/aromatic N) is 1. The third kappa shape index (κ3) is 3.26. The molecule has 0 aliphatic carbocycles. The van der Waals surface area contributed by atoms with Crippen molar-refractivity contribution < 1.29 is 23.8 Å². The highest BCUT2D eigenvalue weighted by atomic mass is 19.1. The van der Waals surface area contributed by atoms with Gasteiger partial charge in [-0.1, -0.05) is 0 Å². The predicted molar refractivity (Wildman–Crippen MR) is 71.1 cm³/mol. The normalized spacial score (nSPS) is 11.1. The first kappa shape index (κ1) is 15.9. The van der Waals surface area contributed by atoms with E-state index in [0.717, 1.165) is 4.90 Å². The first-order chi connectivity index (χ1) is 9.20. The monoisotopic (exact) mass is 283 g/mol. The fourth-order valence-electron chi connectivity index (χ4n) is 1.62. The summed E-state index contributed by atoms with van der Waals surface area (Å²) >= 11 is 0. The second kappa shape index (κ2) is 5.90. The van der Waals surface area contributed by atoms with Crippen molar-refractivity contribution in [3.8, 4) is 5.75 Å². The van der Waals surface area contributed by atoms with Crippen LogP contribution in [0.25, 0.3) is 0 Å². The summed E-state index contributed by atoms with van der Waals surface area (Å²) in [7, 11) is 2.83.